The zero-order valence-electron chi connectivity index (χ0n) is 9.91. The fraction of sp³-hybridized carbons (Fsp3) is 0.0769. The van der Waals surface area contributed by atoms with E-state index in [1.807, 2.05) is 24.3 Å². The predicted molar refractivity (Wildman–Crippen MR) is 79.2 cm³/mol. The van der Waals surface area contributed by atoms with Gasteiger partial charge in [-0.1, -0.05) is 0 Å². The van der Waals surface area contributed by atoms with E-state index in [2.05, 4.69) is 21.2 Å². The smallest absolute Gasteiger partial charge is 0.135 e. The van der Waals surface area contributed by atoms with E-state index in [9.17, 15) is 0 Å². The van der Waals surface area contributed by atoms with Crippen LogP contribution in [0.2, 0.25) is 0 Å². The van der Waals surface area contributed by atoms with Crippen LogP contribution < -0.4 is 21.5 Å². The number of benzene rings is 2. The van der Waals surface area contributed by atoms with E-state index in [-0.39, 0.29) is 0 Å². The summed E-state index contributed by atoms with van der Waals surface area (Å²) in [7, 11) is 1.63. The largest absolute Gasteiger partial charge is 0.495 e. The average Bonchev–Trinajstić information content (AvgIpc) is 2.36. The molecule has 0 radical (unpaired) electrons. The first-order valence-electron chi connectivity index (χ1n) is 5.35. The monoisotopic (exact) mass is 307 g/mol. The van der Waals surface area contributed by atoms with Crippen molar-refractivity contribution < 1.29 is 4.74 Å². The Morgan fingerprint density at radius 3 is 2.33 bits per heavy atom. The maximum absolute atomic E-state index is 5.76. The summed E-state index contributed by atoms with van der Waals surface area (Å²) in [4.78, 5) is 0. The van der Waals surface area contributed by atoms with Gasteiger partial charge in [-0.2, -0.15) is 0 Å². The number of nitrogens with two attached hydrogens (primary N) is 2. The second-order valence-corrected chi connectivity index (χ2v) is 4.67. The molecule has 5 heteroatoms. The van der Waals surface area contributed by atoms with E-state index in [1.54, 1.807) is 19.2 Å². The fourth-order valence-electron chi connectivity index (χ4n) is 1.56. The van der Waals surface area contributed by atoms with Crippen molar-refractivity contribution in [3.8, 4) is 5.75 Å². The van der Waals surface area contributed by atoms with Crippen molar-refractivity contribution in [3.05, 3.63) is 40.9 Å². The van der Waals surface area contributed by atoms with Gasteiger partial charge in [0.25, 0.3) is 0 Å². The molecule has 0 saturated carbocycles. The summed E-state index contributed by atoms with van der Waals surface area (Å²) in [6.07, 6.45) is 0. The molecule has 0 aliphatic rings. The van der Waals surface area contributed by atoms with Gasteiger partial charge in [-0.25, -0.2) is 0 Å². The van der Waals surface area contributed by atoms with Crippen molar-refractivity contribution in [1.29, 1.82) is 0 Å². The third-order valence-corrected chi connectivity index (χ3v) is 3.18. The molecular weight excluding hydrogens is 294 g/mol. The molecule has 0 fully saturated rings. The Balaban J connectivity index is 2.25. The highest BCUT2D eigenvalue weighted by atomic mass is 79.9. The van der Waals surface area contributed by atoms with E-state index in [1.165, 1.54) is 0 Å². The molecule has 4 nitrogen and oxygen atoms in total. The molecule has 94 valence electrons. The van der Waals surface area contributed by atoms with Crippen LogP contribution in [0.4, 0.5) is 22.7 Å². The Hall–Kier alpha value is -1.88. The van der Waals surface area contributed by atoms with Gasteiger partial charge >= 0.3 is 0 Å². The number of nitrogens with one attached hydrogen (secondary N) is 1. The van der Waals surface area contributed by atoms with Gasteiger partial charge in [-0.05, 0) is 46.3 Å². The lowest BCUT2D eigenvalue weighted by Crippen LogP contribution is -1.97. The van der Waals surface area contributed by atoms with Crippen LogP contribution in [0.25, 0.3) is 0 Å². The molecule has 2 rings (SSSR count). The van der Waals surface area contributed by atoms with Gasteiger partial charge in [0.1, 0.15) is 5.75 Å². The lowest BCUT2D eigenvalue weighted by atomic mass is 10.2. The minimum atomic E-state index is 0.559. The van der Waals surface area contributed by atoms with E-state index in [0.29, 0.717) is 11.4 Å². The Labute approximate surface area is 114 Å². The van der Waals surface area contributed by atoms with E-state index in [0.717, 1.165) is 21.6 Å². The number of hydrogen-bond acceptors (Lipinski definition) is 4. The average molecular weight is 308 g/mol. The molecule has 2 aromatic carbocycles. The van der Waals surface area contributed by atoms with E-state index >= 15 is 0 Å². The molecule has 0 unspecified atom stereocenters. The maximum atomic E-state index is 5.76. The summed E-state index contributed by atoms with van der Waals surface area (Å²) in [5.41, 5.74) is 14.4. The van der Waals surface area contributed by atoms with Gasteiger partial charge in [-0.3, -0.25) is 0 Å². The zero-order chi connectivity index (χ0) is 13.1. The van der Waals surface area contributed by atoms with Crippen molar-refractivity contribution in [2.24, 2.45) is 0 Å². The summed E-state index contributed by atoms with van der Waals surface area (Å²) in [5.74, 6) is 0.767. The summed E-state index contributed by atoms with van der Waals surface area (Å²) < 4.78 is 6.14. The van der Waals surface area contributed by atoms with Crippen LogP contribution in [-0.2, 0) is 0 Å². The first-order valence-corrected chi connectivity index (χ1v) is 6.15. The summed E-state index contributed by atoms with van der Waals surface area (Å²) >= 11 is 3.41. The van der Waals surface area contributed by atoms with Crippen LogP contribution in [0.5, 0.6) is 5.75 Å². The van der Waals surface area contributed by atoms with Crippen molar-refractivity contribution in [2.75, 3.05) is 23.9 Å². The molecule has 0 heterocycles. The number of nitrogen functional groups attached to an aromatic ring is 2. The van der Waals surface area contributed by atoms with Gasteiger partial charge in [0.05, 0.1) is 23.0 Å². The van der Waals surface area contributed by atoms with Gasteiger partial charge in [0.2, 0.25) is 0 Å². The third-order valence-electron chi connectivity index (χ3n) is 2.53. The molecule has 0 amide bonds. The molecule has 0 spiro atoms. The molecule has 0 saturated heterocycles. The van der Waals surface area contributed by atoms with Crippen molar-refractivity contribution >= 4 is 38.7 Å². The molecule has 0 bridgehead atoms. The number of ether oxygens (including phenoxy) is 1. The molecule has 0 aliphatic heterocycles. The minimum absolute atomic E-state index is 0.559. The first kappa shape index (κ1) is 12.6. The number of hydrogen-bond donors (Lipinski definition) is 3. The molecular formula is C13H14BrN3O. The quantitative estimate of drug-likeness (QED) is 0.760. The van der Waals surface area contributed by atoms with Crippen LogP contribution in [0.3, 0.4) is 0 Å². The number of anilines is 4. The van der Waals surface area contributed by atoms with E-state index in [4.69, 9.17) is 16.2 Å². The van der Waals surface area contributed by atoms with Crippen molar-refractivity contribution in [2.45, 2.75) is 0 Å². The Morgan fingerprint density at radius 1 is 1.00 bits per heavy atom. The fourth-order valence-corrected chi connectivity index (χ4v) is 1.97. The van der Waals surface area contributed by atoms with Crippen molar-refractivity contribution in [3.63, 3.8) is 0 Å². The highest BCUT2D eigenvalue weighted by molar-refractivity contribution is 9.10. The predicted octanol–water partition coefficient (Wildman–Crippen LogP) is 3.37. The van der Waals surface area contributed by atoms with Gasteiger partial charge in [-0.15, -0.1) is 0 Å². The van der Waals surface area contributed by atoms with Crippen LogP contribution in [0.1, 0.15) is 0 Å². The van der Waals surface area contributed by atoms with Crippen LogP contribution in [-0.4, -0.2) is 7.11 Å². The Bertz CT molecular complexity index is 572. The Kier molecular flexibility index (Phi) is 3.62. The topological polar surface area (TPSA) is 73.3 Å². The highest BCUT2D eigenvalue weighted by Crippen LogP contribution is 2.30. The van der Waals surface area contributed by atoms with Crippen molar-refractivity contribution in [1.82, 2.24) is 0 Å². The van der Waals surface area contributed by atoms with Gasteiger partial charge in [0, 0.05) is 17.4 Å². The SMILES string of the molecule is COc1cc(Nc2ccc(N)c(N)c2)ccc1Br. The number of methoxy groups -OCH3 is 1. The number of rotatable bonds is 3. The lowest BCUT2D eigenvalue weighted by molar-refractivity contribution is 0.412. The summed E-state index contributed by atoms with van der Waals surface area (Å²) in [6, 6.07) is 11.2. The highest BCUT2D eigenvalue weighted by Gasteiger charge is 2.03. The molecule has 2 aromatic rings. The Morgan fingerprint density at radius 2 is 1.67 bits per heavy atom. The standard InChI is InChI=1S/C13H14BrN3O/c1-18-13-7-9(2-4-10(13)14)17-8-3-5-11(15)12(16)6-8/h2-7,17H,15-16H2,1H3. The second-order valence-electron chi connectivity index (χ2n) is 3.82. The van der Waals surface area contributed by atoms with Crippen LogP contribution in [0.15, 0.2) is 40.9 Å². The van der Waals surface area contributed by atoms with E-state index < -0.39 is 0 Å². The molecule has 0 aromatic heterocycles. The number of halogens is 1. The third kappa shape index (κ3) is 2.68. The maximum Gasteiger partial charge on any atom is 0.135 e. The molecule has 0 aliphatic carbocycles. The van der Waals surface area contributed by atoms with Crippen LogP contribution in [0, 0.1) is 0 Å². The first-order chi connectivity index (χ1) is 8.60. The zero-order valence-corrected chi connectivity index (χ0v) is 11.5. The molecule has 5 N–H and O–H groups in total. The summed E-state index contributed by atoms with van der Waals surface area (Å²) in [6.45, 7) is 0. The normalized spacial score (nSPS) is 10.1. The lowest BCUT2D eigenvalue weighted by Gasteiger charge is -2.10. The summed E-state index contributed by atoms with van der Waals surface area (Å²) in [5, 5.41) is 3.24. The molecule has 18 heavy (non-hydrogen) atoms. The second kappa shape index (κ2) is 5.18. The van der Waals surface area contributed by atoms with Gasteiger partial charge in [0.15, 0.2) is 0 Å². The van der Waals surface area contributed by atoms with Crippen LogP contribution >= 0.6 is 15.9 Å². The van der Waals surface area contributed by atoms with Gasteiger partial charge < -0.3 is 21.5 Å². The molecule has 0 atom stereocenters. The minimum Gasteiger partial charge on any atom is -0.495 e.